The second-order valence-corrected chi connectivity index (χ2v) is 7.59. The minimum absolute atomic E-state index is 0.0694. The highest BCUT2D eigenvalue weighted by Gasteiger charge is 2.13. The zero-order chi connectivity index (χ0) is 14.3. The first-order valence-corrected chi connectivity index (χ1v) is 8.90. The van der Waals surface area contributed by atoms with Gasteiger partial charge in [-0.3, -0.25) is 0 Å². The van der Waals surface area contributed by atoms with Crippen LogP contribution in [0.25, 0.3) is 0 Å². The third-order valence-electron chi connectivity index (χ3n) is 2.72. The molecule has 1 rings (SSSR count). The highest BCUT2D eigenvalue weighted by atomic mass is 32.2. The number of benzene rings is 1. The highest BCUT2D eigenvalue weighted by Crippen LogP contribution is 2.11. The fourth-order valence-electron chi connectivity index (χ4n) is 1.45. The van der Waals surface area contributed by atoms with Crippen LogP contribution in [0.3, 0.4) is 0 Å². The van der Waals surface area contributed by atoms with Gasteiger partial charge in [0, 0.05) is 18.3 Å². The summed E-state index contributed by atoms with van der Waals surface area (Å²) in [6, 6.07) is 7.98. The molecule has 0 spiro atoms. The van der Waals surface area contributed by atoms with E-state index in [0.717, 1.165) is 6.54 Å². The molecule has 0 fully saturated rings. The summed E-state index contributed by atoms with van der Waals surface area (Å²) < 4.78 is 24.0. The summed E-state index contributed by atoms with van der Waals surface area (Å²) in [4.78, 5) is 0.270. The van der Waals surface area contributed by atoms with Crippen molar-refractivity contribution in [2.24, 2.45) is 0 Å². The number of hydrogen-bond acceptors (Lipinski definition) is 5. The monoisotopic (exact) mass is 298 g/mol. The van der Waals surface area contributed by atoms with Crippen LogP contribution in [0.15, 0.2) is 29.2 Å². The van der Waals surface area contributed by atoms with Crippen LogP contribution in [0.4, 0.5) is 0 Å². The molecule has 1 atom stereocenters. The second-order valence-electron chi connectivity index (χ2n) is 4.21. The second kappa shape index (κ2) is 7.53. The number of nitrogens with one attached hydrogen (secondary N) is 1. The normalized spacial score (nSPS) is 12.9. The molecule has 0 heterocycles. The fraction of sp³-hybridized carbons (Fsp3) is 0.462. The minimum Gasteiger partial charge on any atom is -0.315 e. The lowest BCUT2D eigenvalue weighted by Gasteiger charge is -2.10. The topological polar surface area (TPSA) is 70.0 Å². The molecule has 6 heteroatoms. The van der Waals surface area contributed by atoms with Gasteiger partial charge in [-0.2, -0.15) is 17.0 Å². The van der Waals surface area contributed by atoms with E-state index in [1.54, 1.807) is 11.8 Å². The first-order chi connectivity index (χ1) is 8.99. The van der Waals surface area contributed by atoms with Crippen LogP contribution in [0, 0.1) is 11.3 Å². The molecule has 0 aliphatic rings. The molecule has 0 saturated carbocycles. The van der Waals surface area contributed by atoms with Gasteiger partial charge in [-0.15, -0.1) is 0 Å². The zero-order valence-corrected chi connectivity index (χ0v) is 12.7. The predicted molar refractivity (Wildman–Crippen MR) is 79.1 cm³/mol. The van der Waals surface area contributed by atoms with E-state index < -0.39 is 9.84 Å². The van der Waals surface area contributed by atoms with Gasteiger partial charge >= 0.3 is 0 Å². The van der Waals surface area contributed by atoms with Crippen LogP contribution in [-0.4, -0.2) is 38.8 Å². The van der Waals surface area contributed by atoms with E-state index in [2.05, 4.69) is 12.2 Å². The van der Waals surface area contributed by atoms with Crippen LogP contribution in [0.5, 0.6) is 0 Å². The maximum Gasteiger partial charge on any atom is 0.179 e. The van der Waals surface area contributed by atoms with Gasteiger partial charge in [0.25, 0.3) is 0 Å². The van der Waals surface area contributed by atoms with Crippen molar-refractivity contribution < 1.29 is 8.42 Å². The van der Waals surface area contributed by atoms with Gasteiger partial charge in [0.15, 0.2) is 9.84 Å². The lowest BCUT2D eigenvalue weighted by atomic mass is 10.2. The van der Waals surface area contributed by atoms with Crippen LogP contribution in [0.2, 0.25) is 0 Å². The summed E-state index contributed by atoms with van der Waals surface area (Å²) in [5, 5.41) is 12.3. The average molecular weight is 298 g/mol. The van der Waals surface area contributed by atoms with Crippen molar-refractivity contribution in [1.82, 2.24) is 5.32 Å². The Balaban J connectivity index is 2.54. The van der Waals surface area contributed by atoms with Gasteiger partial charge in [0.2, 0.25) is 0 Å². The van der Waals surface area contributed by atoms with Crippen molar-refractivity contribution in [2.75, 3.05) is 25.1 Å². The van der Waals surface area contributed by atoms with Crippen molar-refractivity contribution in [2.45, 2.75) is 17.1 Å². The SMILES string of the molecule is CSC(C)CNCCS(=O)(=O)c1ccc(C#N)cc1. The van der Waals surface area contributed by atoms with Gasteiger partial charge in [-0.05, 0) is 30.5 Å². The van der Waals surface area contributed by atoms with Crippen LogP contribution < -0.4 is 5.32 Å². The molecule has 1 N–H and O–H groups in total. The van der Waals surface area contributed by atoms with Crippen molar-refractivity contribution in [1.29, 1.82) is 5.26 Å². The van der Waals surface area contributed by atoms with Crippen molar-refractivity contribution in [3.8, 4) is 6.07 Å². The molecular weight excluding hydrogens is 280 g/mol. The molecule has 0 saturated heterocycles. The Kier molecular flexibility index (Phi) is 6.35. The first kappa shape index (κ1) is 16.0. The summed E-state index contributed by atoms with van der Waals surface area (Å²) >= 11 is 1.74. The number of sulfone groups is 1. The van der Waals surface area contributed by atoms with E-state index in [4.69, 9.17) is 5.26 Å². The molecular formula is C13H18N2O2S2. The number of thioether (sulfide) groups is 1. The van der Waals surface area contributed by atoms with Gasteiger partial charge in [-0.1, -0.05) is 6.92 Å². The van der Waals surface area contributed by atoms with Crippen molar-refractivity contribution >= 4 is 21.6 Å². The number of rotatable bonds is 7. The van der Waals surface area contributed by atoms with Gasteiger partial charge in [0.1, 0.15) is 0 Å². The Morgan fingerprint density at radius 1 is 1.37 bits per heavy atom. The lowest BCUT2D eigenvalue weighted by Crippen LogP contribution is -2.28. The van der Waals surface area contributed by atoms with Crippen LogP contribution >= 0.6 is 11.8 Å². The average Bonchev–Trinajstić information content (AvgIpc) is 2.43. The Labute approximate surface area is 119 Å². The molecule has 0 bridgehead atoms. The third-order valence-corrected chi connectivity index (χ3v) is 5.43. The Bertz CT molecular complexity index is 533. The fourth-order valence-corrected chi connectivity index (χ4v) is 2.93. The standard InChI is InChI=1S/C13H18N2O2S2/c1-11(18-2)10-15-7-8-19(16,17)13-5-3-12(9-14)4-6-13/h3-6,11,15H,7-8,10H2,1-2H3. The molecule has 1 unspecified atom stereocenters. The molecule has 1 aromatic rings. The van der Waals surface area contributed by atoms with Crippen LogP contribution in [-0.2, 0) is 9.84 Å². The summed E-state index contributed by atoms with van der Waals surface area (Å²) in [5.74, 6) is 0.0694. The van der Waals surface area contributed by atoms with Crippen molar-refractivity contribution in [3.63, 3.8) is 0 Å². The molecule has 104 valence electrons. The molecule has 0 amide bonds. The summed E-state index contributed by atoms with van der Waals surface area (Å²) in [6.07, 6.45) is 2.03. The Morgan fingerprint density at radius 2 is 2.00 bits per heavy atom. The molecule has 0 aliphatic carbocycles. The van der Waals surface area contributed by atoms with E-state index in [1.807, 2.05) is 12.3 Å². The largest absolute Gasteiger partial charge is 0.315 e. The van der Waals surface area contributed by atoms with Gasteiger partial charge < -0.3 is 5.32 Å². The maximum atomic E-state index is 12.0. The van der Waals surface area contributed by atoms with E-state index in [0.29, 0.717) is 17.4 Å². The van der Waals surface area contributed by atoms with E-state index >= 15 is 0 Å². The molecule has 0 aliphatic heterocycles. The predicted octanol–water partition coefficient (Wildman–Crippen LogP) is 1.67. The molecule has 1 aromatic carbocycles. The summed E-state index contributed by atoms with van der Waals surface area (Å²) in [7, 11) is -3.27. The van der Waals surface area contributed by atoms with Crippen molar-refractivity contribution in [3.05, 3.63) is 29.8 Å². The highest BCUT2D eigenvalue weighted by molar-refractivity contribution is 7.99. The summed E-state index contributed by atoms with van der Waals surface area (Å²) in [5.41, 5.74) is 0.464. The van der Waals surface area contributed by atoms with Gasteiger partial charge in [0.05, 0.1) is 22.3 Å². The van der Waals surface area contributed by atoms with Crippen LogP contribution in [0.1, 0.15) is 12.5 Å². The molecule has 4 nitrogen and oxygen atoms in total. The van der Waals surface area contributed by atoms with E-state index in [9.17, 15) is 8.42 Å². The quantitative estimate of drug-likeness (QED) is 0.776. The van der Waals surface area contributed by atoms with E-state index in [1.165, 1.54) is 24.3 Å². The molecule has 0 radical (unpaired) electrons. The first-order valence-electron chi connectivity index (χ1n) is 5.96. The lowest BCUT2D eigenvalue weighted by molar-refractivity contribution is 0.590. The third kappa shape index (κ3) is 5.23. The zero-order valence-electron chi connectivity index (χ0n) is 11.1. The number of hydrogen-bond donors (Lipinski definition) is 1. The maximum absolute atomic E-state index is 12.0. The van der Waals surface area contributed by atoms with Gasteiger partial charge in [-0.25, -0.2) is 8.42 Å². The Morgan fingerprint density at radius 3 is 2.53 bits per heavy atom. The summed E-state index contributed by atoms with van der Waals surface area (Å²) in [6.45, 7) is 3.32. The molecule has 0 aromatic heterocycles. The minimum atomic E-state index is -3.27. The smallest absolute Gasteiger partial charge is 0.179 e. The number of nitriles is 1. The van der Waals surface area contributed by atoms with E-state index in [-0.39, 0.29) is 10.6 Å². The number of nitrogens with zero attached hydrogens (tertiary/aromatic N) is 1. The molecule has 19 heavy (non-hydrogen) atoms. The Hall–Kier alpha value is -1.03.